The third kappa shape index (κ3) is 5.08. The summed E-state index contributed by atoms with van der Waals surface area (Å²) >= 11 is 0. The quantitative estimate of drug-likeness (QED) is 0.587. The van der Waals surface area contributed by atoms with Crippen LogP contribution in [0.15, 0.2) is 84.9 Å². The number of hydrogen-bond donors (Lipinski definition) is 1. The van der Waals surface area contributed by atoms with Crippen LogP contribution in [0.3, 0.4) is 0 Å². The molecule has 0 fully saturated rings. The molecular formula is C28H30N2O2. The van der Waals surface area contributed by atoms with Gasteiger partial charge < -0.3 is 10.2 Å². The topological polar surface area (TPSA) is 49.4 Å². The molecule has 1 N–H and O–H groups in total. The molecule has 4 rings (SSSR count). The first-order valence-corrected chi connectivity index (χ1v) is 11.3. The first-order chi connectivity index (χ1) is 15.6. The van der Waals surface area contributed by atoms with Crippen molar-refractivity contribution in [3.63, 3.8) is 0 Å². The van der Waals surface area contributed by atoms with Gasteiger partial charge in [0.2, 0.25) is 11.8 Å². The number of nitrogens with zero attached hydrogens (tertiary/aromatic N) is 1. The molecule has 164 valence electrons. The van der Waals surface area contributed by atoms with Crippen LogP contribution in [0.4, 0.5) is 0 Å². The van der Waals surface area contributed by atoms with Crippen LogP contribution < -0.4 is 5.32 Å². The number of rotatable bonds is 7. The number of nitrogens with one attached hydrogen (secondary N) is 1. The highest BCUT2D eigenvalue weighted by Gasteiger charge is 2.30. The highest BCUT2D eigenvalue weighted by atomic mass is 16.2. The van der Waals surface area contributed by atoms with E-state index in [2.05, 4.69) is 59.9 Å². The van der Waals surface area contributed by atoms with Gasteiger partial charge in [0.15, 0.2) is 0 Å². The Morgan fingerprint density at radius 2 is 1.50 bits per heavy atom. The van der Waals surface area contributed by atoms with E-state index in [9.17, 15) is 9.59 Å². The summed E-state index contributed by atoms with van der Waals surface area (Å²) in [5, 5.41) is 3.11. The Kier molecular flexibility index (Phi) is 7.00. The summed E-state index contributed by atoms with van der Waals surface area (Å²) in [5.74, 6) is 0.227. The molecule has 1 heterocycles. The summed E-state index contributed by atoms with van der Waals surface area (Å²) in [4.78, 5) is 26.9. The summed E-state index contributed by atoms with van der Waals surface area (Å²) in [6.45, 7) is 2.83. The number of fused-ring (bicyclic) bond motifs is 1. The van der Waals surface area contributed by atoms with Gasteiger partial charge in [-0.2, -0.15) is 0 Å². The maximum absolute atomic E-state index is 12.9. The lowest BCUT2D eigenvalue weighted by Gasteiger charge is -2.36. The Hall–Kier alpha value is -3.40. The Bertz CT molecular complexity index is 1010. The minimum absolute atomic E-state index is 0.0159. The summed E-state index contributed by atoms with van der Waals surface area (Å²) in [6.07, 6.45) is 1.94. The number of amides is 2. The lowest BCUT2D eigenvalue weighted by molar-refractivity contribution is -0.133. The van der Waals surface area contributed by atoms with Crippen molar-refractivity contribution in [1.82, 2.24) is 10.2 Å². The van der Waals surface area contributed by atoms with Gasteiger partial charge in [0.25, 0.3) is 0 Å². The molecule has 0 aliphatic carbocycles. The van der Waals surface area contributed by atoms with E-state index in [0.29, 0.717) is 13.1 Å². The lowest BCUT2D eigenvalue weighted by atomic mass is 9.88. The van der Waals surface area contributed by atoms with Crippen LogP contribution in [0.1, 0.15) is 54.0 Å². The molecule has 32 heavy (non-hydrogen) atoms. The molecular weight excluding hydrogens is 396 g/mol. The molecule has 4 heteroatoms. The van der Waals surface area contributed by atoms with Crippen molar-refractivity contribution in [3.8, 4) is 0 Å². The average molecular weight is 427 g/mol. The van der Waals surface area contributed by atoms with Crippen LogP contribution >= 0.6 is 0 Å². The SMILES string of the molecule is CC(=O)N1CCc2ccccc2C1CC(=O)NCCC(c1ccccc1)c1ccccc1. The Morgan fingerprint density at radius 1 is 0.906 bits per heavy atom. The smallest absolute Gasteiger partial charge is 0.222 e. The van der Waals surface area contributed by atoms with E-state index in [1.165, 1.54) is 16.7 Å². The normalized spacial score (nSPS) is 15.3. The number of hydrogen-bond acceptors (Lipinski definition) is 2. The number of carbonyl (C=O) groups is 2. The van der Waals surface area contributed by atoms with Crippen molar-refractivity contribution in [2.75, 3.05) is 13.1 Å². The summed E-state index contributed by atoms with van der Waals surface area (Å²) in [6, 6.07) is 28.8. The van der Waals surface area contributed by atoms with E-state index in [1.807, 2.05) is 35.2 Å². The Morgan fingerprint density at radius 3 is 2.12 bits per heavy atom. The van der Waals surface area contributed by atoms with E-state index in [4.69, 9.17) is 0 Å². The molecule has 1 aliphatic heterocycles. The Labute approximate surface area is 190 Å². The molecule has 3 aromatic carbocycles. The zero-order valence-corrected chi connectivity index (χ0v) is 18.5. The van der Waals surface area contributed by atoms with Gasteiger partial charge in [0, 0.05) is 25.9 Å². The second-order valence-corrected chi connectivity index (χ2v) is 8.39. The van der Waals surface area contributed by atoms with Crippen molar-refractivity contribution in [2.45, 2.75) is 38.1 Å². The molecule has 0 aromatic heterocycles. The second-order valence-electron chi connectivity index (χ2n) is 8.39. The minimum atomic E-state index is -0.198. The van der Waals surface area contributed by atoms with Crippen molar-refractivity contribution in [2.24, 2.45) is 0 Å². The van der Waals surface area contributed by atoms with E-state index >= 15 is 0 Å². The van der Waals surface area contributed by atoms with Crippen molar-refractivity contribution in [3.05, 3.63) is 107 Å². The maximum atomic E-state index is 12.9. The maximum Gasteiger partial charge on any atom is 0.222 e. The minimum Gasteiger partial charge on any atom is -0.356 e. The fourth-order valence-electron chi connectivity index (χ4n) is 4.75. The van der Waals surface area contributed by atoms with Gasteiger partial charge in [0.05, 0.1) is 12.5 Å². The zero-order valence-electron chi connectivity index (χ0n) is 18.5. The van der Waals surface area contributed by atoms with Crippen LogP contribution in [0.25, 0.3) is 0 Å². The highest BCUT2D eigenvalue weighted by molar-refractivity contribution is 5.79. The fraction of sp³-hybridized carbons (Fsp3) is 0.286. The molecule has 1 unspecified atom stereocenters. The molecule has 1 aliphatic rings. The highest BCUT2D eigenvalue weighted by Crippen LogP contribution is 2.32. The predicted octanol–water partition coefficient (Wildman–Crippen LogP) is 4.86. The van der Waals surface area contributed by atoms with Crippen molar-refractivity contribution in [1.29, 1.82) is 0 Å². The number of carbonyl (C=O) groups excluding carboxylic acids is 2. The molecule has 0 spiro atoms. The first-order valence-electron chi connectivity index (χ1n) is 11.3. The summed E-state index contributed by atoms with van der Waals surface area (Å²) in [7, 11) is 0. The molecule has 0 saturated heterocycles. The van der Waals surface area contributed by atoms with Gasteiger partial charge in [0.1, 0.15) is 0 Å². The molecule has 0 saturated carbocycles. The zero-order chi connectivity index (χ0) is 22.3. The Balaban J connectivity index is 1.42. The van der Waals surface area contributed by atoms with Crippen LogP contribution in [-0.2, 0) is 16.0 Å². The van der Waals surface area contributed by atoms with E-state index < -0.39 is 0 Å². The van der Waals surface area contributed by atoms with Crippen molar-refractivity contribution >= 4 is 11.8 Å². The molecule has 4 nitrogen and oxygen atoms in total. The standard InChI is InChI=1S/C28H30N2O2/c1-21(31)30-19-17-24-14-8-9-15-26(24)27(30)20-28(32)29-18-16-25(22-10-4-2-5-11-22)23-12-6-3-7-13-23/h2-15,25,27H,16-20H2,1H3,(H,29,32). The van der Waals surface area contributed by atoms with E-state index in [0.717, 1.165) is 18.4 Å². The first kappa shape index (κ1) is 21.8. The van der Waals surface area contributed by atoms with Gasteiger partial charge in [-0.25, -0.2) is 0 Å². The van der Waals surface area contributed by atoms with Crippen LogP contribution in [0, 0.1) is 0 Å². The van der Waals surface area contributed by atoms with Gasteiger partial charge in [-0.05, 0) is 35.1 Å². The number of benzene rings is 3. The van der Waals surface area contributed by atoms with E-state index in [1.54, 1.807) is 6.92 Å². The summed E-state index contributed by atoms with van der Waals surface area (Å²) in [5.41, 5.74) is 4.82. The van der Waals surface area contributed by atoms with Gasteiger partial charge in [-0.1, -0.05) is 84.9 Å². The predicted molar refractivity (Wildman–Crippen MR) is 127 cm³/mol. The molecule has 3 aromatic rings. The van der Waals surface area contributed by atoms with Gasteiger partial charge in [-0.15, -0.1) is 0 Å². The van der Waals surface area contributed by atoms with E-state index in [-0.39, 0.29) is 30.2 Å². The lowest BCUT2D eigenvalue weighted by Crippen LogP contribution is -2.41. The third-order valence-corrected chi connectivity index (χ3v) is 6.35. The van der Waals surface area contributed by atoms with Crippen LogP contribution in [0.5, 0.6) is 0 Å². The largest absolute Gasteiger partial charge is 0.356 e. The fourth-order valence-corrected chi connectivity index (χ4v) is 4.75. The molecule has 2 amide bonds. The van der Waals surface area contributed by atoms with Crippen LogP contribution in [-0.4, -0.2) is 29.8 Å². The van der Waals surface area contributed by atoms with Crippen molar-refractivity contribution < 1.29 is 9.59 Å². The molecule has 0 bridgehead atoms. The van der Waals surface area contributed by atoms with Gasteiger partial charge in [-0.3, -0.25) is 9.59 Å². The molecule has 1 atom stereocenters. The van der Waals surface area contributed by atoms with Crippen LogP contribution in [0.2, 0.25) is 0 Å². The monoisotopic (exact) mass is 426 g/mol. The summed E-state index contributed by atoms with van der Waals surface area (Å²) < 4.78 is 0. The second kappa shape index (κ2) is 10.3. The average Bonchev–Trinajstić information content (AvgIpc) is 2.83. The third-order valence-electron chi connectivity index (χ3n) is 6.35. The van der Waals surface area contributed by atoms with Gasteiger partial charge >= 0.3 is 0 Å². The molecule has 0 radical (unpaired) electrons.